The molecule has 1 aromatic rings. The molecule has 0 aromatic heterocycles. The maximum atomic E-state index is 10.5. The van der Waals surface area contributed by atoms with Gasteiger partial charge in [-0.1, -0.05) is 0 Å². The van der Waals surface area contributed by atoms with Crippen LogP contribution in [0.5, 0.6) is 17.2 Å². The second kappa shape index (κ2) is 8.04. The van der Waals surface area contributed by atoms with Crippen LogP contribution in [0.4, 0.5) is 0 Å². The van der Waals surface area contributed by atoms with Crippen molar-refractivity contribution in [2.24, 2.45) is 0 Å². The van der Waals surface area contributed by atoms with E-state index in [1.165, 1.54) is 6.08 Å². The normalized spacial score (nSPS) is 10.6. The number of hydrogen-bond donors (Lipinski definition) is 0. The molecule has 0 aliphatic carbocycles. The van der Waals surface area contributed by atoms with Crippen LogP contribution in [0.3, 0.4) is 0 Å². The zero-order valence-electron chi connectivity index (χ0n) is 11.9. The molecule has 0 saturated heterocycles. The summed E-state index contributed by atoms with van der Waals surface area (Å²) in [6.07, 6.45) is 2.23. The Morgan fingerprint density at radius 1 is 1.05 bits per heavy atom. The van der Waals surface area contributed by atoms with Gasteiger partial charge in [0.15, 0.2) is 0 Å². The molecule has 110 valence electrons. The van der Waals surface area contributed by atoms with Crippen LogP contribution in [0.1, 0.15) is 26.3 Å². The molecule has 0 amide bonds. The van der Waals surface area contributed by atoms with Gasteiger partial charge in [0.1, 0.15) is 17.2 Å². The van der Waals surface area contributed by atoms with E-state index in [4.69, 9.17) is 14.2 Å². The molecule has 6 nitrogen and oxygen atoms in total. The highest BCUT2D eigenvalue weighted by atomic mass is 16.6. The average molecular weight is 281 g/mol. The fourth-order valence-corrected chi connectivity index (χ4v) is 1.68. The van der Waals surface area contributed by atoms with Crippen molar-refractivity contribution in [1.82, 2.24) is 0 Å². The maximum absolute atomic E-state index is 10.5. The van der Waals surface area contributed by atoms with Crippen molar-refractivity contribution >= 4 is 6.08 Å². The van der Waals surface area contributed by atoms with Gasteiger partial charge in [-0.3, -0.25) is 10.1 Å². The van der Waals surface area contributed by atoms with Gasteiger partial charge in [0, 0.05) is 18.2 Å². The predicted molar refractivity (Wildman–Crippen MR) is 76.0 cm³/mol. The van der Waals surface area contributed by atoms with Gasteiger partial charge in [0.2, 0.25) is 6.20 Å². The van der Waals surface area contributed by atoms with Gasteiger partial charge in [-0.05, 0) is 20.8 Å². The maximum Gasteiger partial charge on any atom is 0.235 e. The van der Waals surface area contributed by atoms with Gasteiger partial charge < -0.3 is 14.2 Å². The van der Waals surface area contributed by atoms with E-state index in [2.05, 4.69) is 0 Å². The van der Waals surface area contributed by atoms with Gasteiger partial charge in [-0.2, -0.15) is 0 Å². The van der Waals surface area contributed by atoms with E-state index in [0.29, 0.717) is 42.6 Å². The largest absolute Gasteiger partial charge is 0.494 e. The Kier molecular flexibility index (Phi) is 6.36. The van der Waals surface area contributed by atoms with E-state index >= 15 is 0 Å². The summed E-state index contributed by atoms with van der Waals surface area (Å²) in [7, 11) is 0. The van der Waals surface area contributed by atoms with E-state index in [9.17, 15) is 10.1 Å². The number of ether oxygens (including phenoxy) is 3. The Labute approximate surface area is 118 Å². The summed E-state index contributed by atoms with van der Waals surface area (Å²) in [4.78, 5) is 9.97. The van der Waals surface area contributed by atoms with Crippen molar-refractivity contribution in [2.45, 2.75) is 20.8 Å². The van der Waals surface area contributed by atoms with Crippen LogP contribution < -0.4 is 14.2 Å². The molecule has 0 spiro atoms. The first-order chi connectivity index (χ1) is 9.62. The molecule has 0 bridgehead atoms. The summed E-state index contributed by atoms with van der Waals surface area (Å²) in [6.45, 7) is 6.97. The topological polar surface area (TPSA) is 70.8 Å². The zero-order chi connectivity index (χ0) is 15.0. The highest BCUT2D eigenvalue weighted by Crippen LogP contribution is 2.35. The first kappa shape index (κ1) is 15.8. The Morgan fingerprint density at radius 3 is 1.95 bits per heavy atom. The fourth-order valence-electron chi connectivity index (χ4n) is 1.68. The molecule has 1 aromatic carbocycles. The Hall–Kier alpha value is -2.24. The Balaban J connectivity index is 3.29. The van der Waals surface area contributed by atoms with Crippen molar-refractivity contribution in [1.29, 1.82) is 0 Å². The molecule has 1 rings (SSSR count). The molecule has 0 radical (unpaired) electrons. The lowest BCUT2D eigenvalue weighted by atomic mass is 10.1. The van der Waals surface area contributed by atoms with Crippen molar-refractivity contribution < 1.29 is 19.1 Å². The zero-order valence-corrected chi connectivity index (χ0v) is 11.9. The predicted octanol–water partition coefficient (Wildman–Crippen LogP) is 3.13. The van der Waals surface area contributed by atoms with Crippen LogP contribution in [0.15, 0.2) is 18.3 Å². The molecule has 0 saturated carbocycles. The molecular formula is C14H19NO5. The van der Waals surface area contributed by atoms with Crippen molar-refractivity contribution in [3.8, 4) is 17.2 Å². The van der Waals surface area contributed by atoms with E-state index in [-0.39, 0.29) is 0 Å². The summed E-state index contributed by atoms with van der Waals surface area (Å²) in [6, 6.07) is 3.41. The molecule has 0 unspecified atom stereocenters. The molecule has 6 heteroatoms. The quantitative estimate of drug-likeness (QED) is 0.540. The smallest absolute Gasteiger partial charge is 0.235 e. The molecular weight excluding hydrogens is 262 g/mol. The van der Waals surface area contributed by atoms with Crippen LogP contribution in [0, 0.1) is 10.1 Å². The van der Waals surface area contributed by atoms with Crippen LogP contribution >= 0.6 is 0 Å². The van der Waals surface area contributed by atoms with Crippen LogP contribution in [0.2, 0.25) is 0 Å². The van der Waals surface area contributed by atoms with Gasteiger partial charge in [0.25, 0.3) is 0 Å². The number of nitrogens with zero attached hydrogens (tertiary/aromatic N) is 1. The lowest BCUT2D eigenvalue weighted by Gasteiger charge is -2.15. The third-order valence-electron chi connectivity index (χ3n) is 2.35. The van der Waals surface area contributed by atoms with Gasteiger partial charge in [-0.25, -0.2) is 0 Å². The van der Waals surface area contributed by atoms with Crippen molar-refractivity contribution in [2.75, 3.05) is 19.8 Å². The van der Waals surface area contributed by atoms with Crippen LogP contribution in [0.25, 0.3) is 6.08 Å². The minimum atomic E-state index is -0.526. The number of rotatable bonds is 8. The monoisotopic (exact) mass is 281 g/mol. The second-order valence-electron chi connectivity index (χ2n) is 3.73. The average Bonchev–Trinajstić information content (AvgIpc) is 2.38. The van der Waals surface area contributed by atoms with Crippen LogP contribution in [-0.2, 0) is 0 Å². The molecule has 0 heterocycles. The standard InChI is InChI=1S/C14H19NO5/c1-4-18-11-9-13(19-5-2)12(7-8-15(16)17)14(10-11)20-6-3/h7-10H,4-6H2,1-3H3/b8-7+. The molecule has 0 fully saturated rings. The number of benzene rings is 1. The minimum absolute atomic E-state index is 0.445. The van der Waals surface area contributed by atoms with Gasteiger partial charge >= 0.3 is 0 Å². The Morgan fingerprint density at radius 2 is 1.55 bits per heavy atom. The SMILES string of the molecule is CCOc1cc(OCC)c(/C=C/[N+](=O)[O-])c(OCC)c1. The summed E-state index contributed by atoms with van der Waals surface area (Å²) < 4.78 is 16.5. The summed E-state index contributed by atoms with van der Waals surface area (Å²) in [5.41, 5.74) is 0.536. The summed E-state index contributed by atoms with van der Waals surface area (Å²) >= 11 is 0. The van der Waals surface area contributed by atoms with E-state index in [1.54, 1.807) is 12.1 Å². The van der Waals surface area contributed by atoms with Crippen LogP contribution in [-0.4, -0.2) is 24.7 Å². The van der Waals surface area contributed by atoms with Gasteiger partial charge in [-0.15, -0.1) is 0 Å². The molecule has 0 atom stereocenters. The molecule has 0 N–H and O–H groups in total. The van der Waals surface area contributed by atoms with E-state index in [1.807, 2.05) is 20.8 Å². The van der Waals surface area contributed by atoms with E-state index < -0.39 is 4.92 Å². The lowest BCUT2D eigenvalue weighted by molar-refractivity contribution is -0.400. The number of hydrogen-bond acceptors (Lipinski definition) is 5. The molecule has 0 aliphatic rings. The van der Waals surface area contributed by atoms with Gasteiger partial charge in [0.05, 0.1) is 30.3 Å². The third kappa shape index (κ3) is 4.46. The van der Waals surface area contributed by atoms with E-state index in [0.717, 1.165) is 6.20 Å². The van der Waals surface area contributed by atoms with Crippen molar-refractivity contribution in [3.63, 3.8) is 0 Å². The molecule has 0 aliphatic heterocycles. The highest BCUT2D eigenvalue weighted by molar-refractivity contribution is 5.66. The third-order valence-corrected chi connectivity index (χ3v) is 2.35. The summed E-state index contributed by atoms with van der Waals surface area (Å²) in [5, 5.41) is 10.5. The fraction of sp³-hybridized carbons (Fsp3) is 0.429. The molecule has 20 heavy (non-hydrogen) atoms. The first-order valence-corrected chi connectivity index (χ1v) is 6.50. The second-order valence-corrected chi connectivity index (χ2v) is 3.73. The minimum Gasteiger partial charge on any atom is -0.494 e. The summed E-state index contributed by atoms with van der Waals surface area (Å²) in [5.74, 6) is 1.61. The number of nitro groups is 1. The van der Waals surface area contributed by atoms with Crippen molar-refractivity contribution in [3.05, 3.63) is 34.0 Å². The Bertz CT molecular complexity index is 457. The highest BCUT2D eigenvalue weighted by Gasteiger charge is 2.13. The lowest BCUT2D eigenvalue weighted by Crippen LogP contribution is -2.01. The first-order valence-electron chi connectivity index (χ1n) is 6.50.